The average molecular weight is 763 g/mol. The molecule has 2 saturated carbocycles. The van der Waals surface area contributed by atoms with E-state index >= 15 is 0 Å². The van der Waals surface area contributed by atoms with Gasteiger partial charge in [0.15, 0.2) is 0 Å². The number of hydrogen-bond donors (Lipinski definition) is 0. The van der Waals surface area contributed by atoms with Gasteiger partial charge in [0, 0.05) is 13.2 Å². The van der Waals surface area contributed by atoms with Crippen molar-refractivity contribution >= 4 is 0 Å². The van der Waals surface area contributed by atoms with Crippen molar-refractivity contribution in [2.45, 2.75) is 271 Å². The van der Waals surface area contributed by atoms with E-state index in [0.29, 0.717) is 0 Å². The third kappa shape index (κ3) is 22.4. The fraction of sp³-hybridized carbons (Fsp3) is 0.926. The van der Waals surface area contributed by atoms with Crippen LogP contribution in [0.25, 0.3) is 0 Å². The minimum atomic E-state index is 0.981. The van der Waals surface area contributed by atoms with E-state index in [2.05, 4.69) is 26.0 Å². The minimum absolute atomic E-state index is 0.981. The summed E-state index contributed by atoms with van der Waals surface area (Å²) in [5.74, 6) is 6.23. The van der Waals surface area contributed by atoms with Crippen LogP contribution in [-0.2, 0) is 4.74 Å². The maximum Gasteiger partial charge on any atom is 0.0466 e. The lowest BCUT2D eigenvalue weighted by atomic mass is 9.77. The summed E-state index contributed by atoms with van der Waals surface area (Å²) in [5, 5.41) is 0. The molecule has 0 saturated heterocycles. The summed E-state index contributed by atoms with van der Waals surface area (Å²) in [4.78, 5) is 0. The largest absolute Gasteiger partial charge is 0.381 e. The summed E-state index contributed by atoms with van der Waals surface area (Å²) in [5.41, 5.74) is 3.55. The summed E-state index contributed by atoms with van der Waals surface area (Å²) in [7, 11) is 0. The lowest BCUT2D eigenvalue weighted by Crippen LogP contribution is -2.14. The molecule has 0 spiro atoms. The van der Waals surface area contributed by atoms with E-state index in [4.69, 9.17) is 4.74 Å². The Labute approximate surface area is 346 Å². The van der Waals surface area contributed by atoms with Crippen LogP contribution in [-0.4, -0.2) is 13.2 Å². The summed E-state index contributed by atoms with van der Waals surface area (Å²) in [6.07, 6.45) is 63.4. The Kier molecular flexibility index (Phi) is 26.9. The zero-order valence-corrected chi connectivity index (χ0v) is 37.7. The smallest absolute Gasteiger partial charge is 0.0466 e. The maximum absolute atomic E-state index is 6.04. The van der Waals surface area contributed by atoms with Crippen molar-refractivity contribution in [3.63, 3.8) is 0 Å². The third-order valence-electron chi connectivity index (χ3n) is 15.6. The van der Waals surface area contributed by atoms with Crippen LogP contribution in [0.5, 0.6) is 0 Å². The third-order valence-corrected chi connectivity index (χ3v) is 15.6. The zero-order chi connectivity index (χ0) is 38.4. The van der Waals surface area contributed by atoms with Gasteiger partial charge in [-0.15, -0.1) is 0 Å². The Morgan fingerprint density at radius 1 is 0.364 bits per heavy atom. The molecule has 0 radical (unpaired) electrons. The molecule has 55 heavy (non-hydrogen) atoms. The molecule has 0 aliphatic heterocycles. The lowest BCUT2D eigenvalue weighted by Gasteiger charge is -2.29. The first-order chi connectivity index (χ1) is 27.2. The Hall–Kier alpha value is -0.560. The maximum atomic E-state index is 6.04. The fourth-order valence-electron chi connectivity index (χ4n) is 11.5. The molecule has 0 aromatic rings. The molecule has 0 aromatic heterocycles. The highest BCUT2D eigenvalue weighted by atomic mass is 16.5. The second-order valence-electron chi connectivity index (χ2n) is 20.3. The van der Waals surface area contributed by atoms with E-state index in [9.17, 15) is 0 Å². The van der Waals surface area contributed by atoms with Gasteiger partial charge in [-0.25, -0.2) is 0 Å². The van der Waals surface area contributed by atoms with Crippen LogP contribution in [0.1, 0.15) is 271 Å². The van der Waals surface area contributed by atoms with E-state index in [0.717, 1.165) is 48.7 Å². The Balaban J connectivity index is 0.858. The van der Waals surface area contributed by atoms with E-state index in [1.165, 1.54) is 205 Å². The number of ether oxygens (including phenoxy) is 1. The summed E-state index contributed by atoms with van der Waals surface area (Å²) < 4.78 is 6.04. The summed E-state index contributed by atoms with van der Waals surface area (Å²) >= 11 is 0. The first-order valence-electron chi connectivity index (χ1n) is 26.1. The van der Waals surface area contributed by atoms with Crippen molar-refractivity contribution in [2.75, 3.05) is 13.2 Å². The Morgan fingerprint density at radius 2 is 0.691 bits per heavy atom. The molecular formula is C54H98O. The lowest BCUT2D eigenvalue weighted by molar-refractivity contribution is 0.126. The van der Waals surface area contributed by atoms with Gasteiger partial charge >= 0.3 is 0 Å². The van der Waals surface area contributed by atoms with Crippen molar-refractivity contribution in [3.8, 4) is 0 Å². The van der Waals surface area contributed by atoms with Gasteiger partial charge in [-0.05, 0) is 113 Å². The Morgan fingerprint density at radius 3 is 1.02 bits per heavy atom. The van der Waals surface area contributed by atoms with Gasteiger partial charge in [-0.2, -0.15) is 0 Å². The molecule has 0 amide bonds. The standard InChI is InChI=1S/C54H98O/c1-3-5-7-11-21-47-29-37-51(38-30-47)25-15-17-27-53-41-33-49(34-42-53)23-13-9-19-45-55-46-20-10-14-24-50-35-43-54(44-36-50)28-18-16-26-52-39-31-48(32-40-52)22-12-8-6-4-2/h33,35,47-48,51-54H,3-32,34,36-46H2,1-2H3. The molecule has 2 fully saturated rings. The molecule has 4 rings (SSSR count). The molecular weight excluding hydrogens is 665 g/mol. The number of unbranched alkanes of at least 4 members (excludes halogenated alkanes) is 12. The van der Waals surface area contributed by atoms with Crippen LogP contribution in [0.4, 0.5) is 0 Å². The molecule has 2 unspecified atom stereocenters. The van der Waals surface area contributed by atoms with Crippen molar-refractivity contribution in [2.24, 2.45) is 35.5 Å². The Bertz CT molecular complexity index is 868. The molecule has 1 nitrogen and oxygen atoms in total. The fourth-order valence-corrected chi connectivity index (χ4v) is 11.5. The van der Waals surface area contributed by atoms with Gasteiger partial charge in [0.2, 0.25) is 0 Å². The molecule has 0 heterocycles. The van der Waals surface area contributed by atoms with Gasteiger partial charge < -0.3 is 4.74 Å². The molecule has 2 atom stereocenters. The highest BCUT2D eigenvalue weighted by Crippen LogP contribution is 2.37. The molecule has 4 aliphatic rings. The average Bonchev–Trinajstić information content (AvgIpc) is 3.22. The van der Waals surface area contributed by atoms with Crippen molar-refractivity contribution in [1.29, 1.82) is 0 Å². The molecule has 0 bridgehead atoms. The monoisotopic (exact) mass is 763 g/mol. The highest BCUT2D eigenvalue weighted by molar-refractivity contribution is 5.07. The molecule has 1 heteroatoms. The van der Waals surface area contributed by atoms with Crippen LogP contribution in [0.2, 0.25) is 0 Å². The second-order valence-corrected chi connectivity index (χ2v) is 20.3. The van der Waals surface area contributed by atoms with Crippen molar-refractivity contribution in [3.05, 3.63) is 23.3 Å². The topological polar surface area (TPSA) is 9.23 Å². The van der Waals surface area contributed by atoms with Gasteiger partial charge in [0.05, 0.1) is 0 Å². The number of rotatable bonds is 32. The van der Waals surface area contributed by atoms with Gasteiger partial charge in [0.25, 0.3) is 0 Å². The van der Waals surface area contributed by atoms with Crippen LogP contribution < -0.4 is 0 Å². The number of allylic oxidation sites excluding steroid dienone is 4. The predicted octanol–water partition coefficient (Wildman–Crippen LogP) is 18.3. The van der Waals surface area contributed by atoms with E-state index in [1.807, 2.05) is 0 Å². The van der Waals surface area contributed by atoms with Crippen LogP contribution in [0.15, 0.2) is 23.3 Å². The van der Waals surface area contributed by atoms with Crippen molar-refractivity contribution in [1.82, 2.24) is 0 Å². The summed E-state index contributed by atoms with van der Waals surface area (Å²) in [6, 6.07) is 0. The van der Waals surface area contributed by atoms with Crippen LogP contribution in [0.3, 0.4) is 0 Å². The normalized spacial score (nSPS) is 26.2. The second kappa shape index (κ2) is 31.4. The quantitative estimate of drug-likeness (QED) is 0.0490. The first-order valence-corrected chi connectivity index (χ1v) is 26.1. The molecule has 0 N–H and O–H groups in total. The minimum Gasteiger partial charge on any atom is -0.381 e. The SMILES string of the molecule is CCCCCCC1CCC(CCCCC2CC=C(CCCCCOCCCCCC3=CCC(CCCCC4CCC(CCCCCC)CC4)CC3)CC2)CC1. The van der Waals surface area contributed by atoms with E-state index in [-0.39, 0.29) is 0 Å². The zero-order valence-electron chi connectivity index (χ0n) is 37.7. The molecule has 4 aliphatic carbocycles. The predicted molar refractivity (Wildman–Crippen MR) is 244 cm³/mol. The molecule has 320 valence electrons. The van der Waals surface area contributed by atoms with E-state index in [1.54, 1.807) is 62.5 Å². The van der Waals surface area contributed by atoms with Gasteiger partial charge in [0.1, 0.15) is 0 Å². The highest BCUT2D eigenvalue weighted by Gasteiger charge is 2.22. The van der Waals surface area contributed by atoms with Gasteiger partial charge in [-0.3, -0.25) is 0 Å². The summed E-state index contributed by atoms with van der Waals surface area (Å²) in [6.45, 7) is 6.62. The van der Waals surface area contributed by atoms with Crippen LogP contribution >= 0.6 is 0 Å². The molecule has 0 aromatic carbocycles. The first kappa shape index (κ1) is 47.1. The van der Waals surface area contributed by atoms with Crippen LogP contribution in [0, 0.1) is 35.5 Å². The van der Waals surface area contributed by atoms with E-state index < -0.39 is 0 Å². The number of hydrogen-bond acceptors (Lipinski definition) is 1. The van der Waals surface area contributed by atoms with Gasteiger partial charge in [-0.1, -0.05) is 217 Å². The van der Waals surface area contributed by atoms with Crippen molar-refractivity contribution < 1.29 is 4.74 Å².